The number of unbranched alkanes of at least 4 members (excludes halogenated alkanes) is 3. The molecule has 23 atom stereocenters. The van der Waals surface area contributed by atoms with Gasteiger partial charge in [0.2, 0.25) is 35.6 Å². The number of methoxy groups -OCH3 is 2. The first-order valence-corrected chi connectivity index (χ1v) is 49.5. The Morgan fingerprint density at radius 2 is 1.32 bits per heavy atom. The predicted octanol–water partition coefficient (Wildman–Crippen LogP) is 0.394. The van der Waals surface area contributed by atoms with Gasteiger partial charge in [-0.3, -0.25) is 47.8 Å². The molecule has 3 aliphatic heterocycles. The van der Waals surface area contributed by atoms with E-state index in [1.54, 1.807) is 106 Å². The summed E-state index contributed by atoms with van der Waals surface area (Å²) in [5, 5.41) is 116. The molecule has 10 rings (SSSR count). The second kappa shape index (κ2) is 54.8. The highest BCUT2D eigenvalue weighted by Gasteiger charge is 2.78. The highest BCUT2D eigenvalue weighted by Crippen LogP contribution is 2.64. The third kappa shape index (κ3) is 31.1. The number of benzene rings is 3. The van der Waals surface area contributed by atoms with Crippen LogP contribution in [0.2, 0.25) is 0 Å². The molecule has 1 aromatic heterocycles. The van der Waals surface area contributed by atoms with E-state index in [0.717, 1.165) is 6.92 Å². The average molecular weight is 2090 g/mol. The molecular formula is C101H141N9O38. The van der Waals surface area contributed by atoms with E-state index in [2.05, 4.69) is 42.2 Å². The van der Waals surface area contributed by atoms with Gasteiger partial charge in [0.1, 0.15) is 129 Å². The average Bonchev–Trinajstić information content (AvgIpc) is 0.671. The van der Waals surface area contributed by atoms with Crippen LogP contribution in [0.15, 0.2) is 102 Å². The fraction of sp³-hybridized carbons (Fsp3) is 0.644. The van der Waals surface area contributed by atoms with E-state index < -0.39 is 279 Å². The number of rotatable bonds is 54. The van der Waals surface area contributed by atoms with E-state index in [4.69, 9.17) is 75.8 Å². The lowest BCUT2D eigenvalue weighted by Gasteiger charge is -2.67. The smallest absolute Gasteiger partial charge is 0.408 e. The zero-order chi connectivity index (χ0) is 108. The summed E-state index contributed by atoms with van der Waals surface area (Å²) >= 11 is 0. The van der Waals surface area contributed by atoms with Crippen LogP contribution in [0.1, 0.15) is 180 Å². The number of aliphatic hydroxyl groups excluding tert-OH is 7. The number of ketones is 2. The molecule has 6 amide bonds. The van der Waals surface area contributed by atoms with Crippen molar-refractivity contribution in [1.29, 1.82) is 0 Å². The third-order valence-electron chi connectivity index (χ3n) is 27.0. The van der Waals surface area contributed by atoms with Crippen molar-refractivity contribution in [1.82, 2.24) is 46.9 Å². The number of amides is 6. The fourth-order valence-electron chi connectivity index (χ4n) is 19.2. The largest absolute Gasteiger partial charge is 0.492 e. The molecule has 2 saturated carbocycles. The molecule has 14 N–H and O–H groups in total. The minimum atomic E-state index is -2.56. The zero-order valence-electron chi connectivity index (χ0n) is 85.2. The maximum Gasteiger partial charge on any atom is 0.408 e. The van der Waals surface area contributed by atoms with Gasteiger partial charge in [-0.05, 0) is 134 Å². The quantitative estimate of drug-likeness (QED) is 0.0123. The Morgan fingerprint density at radius 1 is 0.655 bits per heavy atom. The number of ether oxygens (including phenoxy) is 16. The molecule has 6 aliphatic rings. The number of esters is 6. The molecule has 0 spiro atoms. The summed E-state index contributed by atoms with van der Waals surface area (Å²) < 4.78 is 92.3. The summed E-state index contributed by atoms with van der Waals surface area (Å²) in [6.07, 6.45) is -22.5. The summed E-state index contributed by atoms with van der Waals surface area (Å²) in [6, 6.07) is 19.4. The Bertz CT molecular complexity index is 5180. The van der Waals surface area contributed by atoms with E-state index >= 15 is 9.59 Å². The van der Waals surface area contributed by atoms with Crippen LogP contribution in [0.4, 0.5) is 4.79 Å². The molecule has 47 nitrogen and oxygen atoms in total. The van der Waals surface area contributed by atoms with Gasteiger partial charge in [0.25, 0.3) is 0 Å². The van der Waals surface area contributed by atoms with Gasteiger partial charge in [0.15, 0.2) is 29.7 Å². The third-order valence-corrected chi connectivity index (χ3v) is 27.0. The van der Waals surface area contributed by atoms with E-state index in [9.17, 15) is 98.4 Å². The first-order chi connectivity index (χ1) is 70.3. The molecule has 5 unspecified atom stereocenters. The van der Waals surface area contributed by atoms with Crippen molar-refractivity contribution in [3.05, 3.63) is 125 Å². The zero-order valence-corrected chi connectivity index (χ0v) is 85.2. The number of nitrogens with zero attached hydrogens (tertiary/aromatic N) is 3. The summed E-state index contributed by atoms with van der Waals surface area (Å²) in [4.78, 5) is 191. The molecule has 0 radical (unpaired) electrons. The van der Waals surface area contributed by atoms with Crippen LogP contribution in [0.5, 0.6) is 5.75 Å². The van der Waals surface area contributed by atoms with Gasteiger partial charge in [0.05, 0.1) is 87.3 Å². The molecule has 818 valence electrons. The summed E-state index contributed by atoms with van der Waals surface area (Å²) in [5.74, 6) is -12.3. The summed E-state index contributed by atoms with van der Waals surface area (Å²) in [5.41, 5.74) is -8.26. The molecule has 4 heterocycles. The number of alkyl carbamates (subject to hydrolysis) is 1. The van der Waals surface area contributed by atoms with Crippen LogP contribution in [-0.4, -0.2) is 360 Å². The molecular weight excluding hydrogens is 1950 g/mol. The van der Waals surface area contributed by atoms with Crippen LogP contribution in [-0.2, 0) is 148 Å². The maximum absolute atomic E-state index is 15.5. The van der Waals surface area contributed by atoms with E-state index in [1.165, 1.54) is 66.2 Å². The van der Waals surface area contributed by atoms with Gasteiger partial charge in [-0.1, -0.05) is 92.6 Å². The van der Waals surface area contributed by atoms with Crippen molar-refractivity contribution in [3.8, 4) is 5.75 Å². The van der Waals surface area contributed by atoms with Crippen LogP contribution >= 0.6 is 0 Å². The number of Topliss-reactive ketones (excluding diaryl/α,β-unsaturated/α-hetero) is 2. The number of aliphatic hydroxyl groups is 8. The van der Waals surface area contributed by atoms with Gasteiger partial charge >= 0.3 is 41.9 Å². The lowest BCUT2D eigenvalue weighted by Crippen LogP contribution is -2.81. The summed E-state index contributed by atoms with van der Waals surface area (Å²) in [6.45, 7) is 11.2. The molecule has 148 heavy (non-hydrogen) atoms. The van der Waals surface area contributed by atoms with Crippen LogP contribution < -0.4 is 36.6 Å². The van der Waals surface area contributed by atoms with E-state index in [0.29, 0.717) is 55.7 Å². The first-order valence-electron chi connectivity index (χ1n) is 49.5. The van der Waals surface area contributed by atoms with E-state index in [1.807, 2.05) is 0 Å². The number of hydrogen-bond donors (Lipinski definition) is 14. The Labute approximate surface area is 855 Å². The second-order valence-corrected chi connectivity index (χ2v) is 39.0. The maximum atomic E-state index is 15.5. The number of carbonyl (C=O) groups is 14. The van der Waals surface area contributed by atoms with Gasteiger partial charge in [0, 0.05) is 84.4 Å². The number of fused-ring (bicyclic) bond motifs is 5. The predicted molar refractivity (Wildman–Crippen MR) is 511 cm³/mol. The Balaban J connectivity index is 0.613. The molecule has 4 aromatic rings. The van der Waals surface area contributed by atoms with Gasteiger partial charge < -0.3 is 149 Å². The number of aromatic nitrogens is 3. The van der Waals surface area contributed by atoms with Crippen molar-refractivity contribution in [3.63, 3.8) is 0 Å². The van der Waals surface area contributed by atoms with Crippen LogP contribution in [0.3, 0.4) is 0 Å². The van der Waals surface area contributed by atoms with Gasteiger partial charge in [-0.15, -0.1) is 5.10 Å². The van der Waals surface area contributed by atoms with Crippen molar-refractivity contribution in [2.45, 2.75) is 293 Å². The monoisotopic (exact) mass is 2090 g/mol. The lowest BCUT2D eigenvalue weighted by molar-refractivity contribution is -0.346. The number of carbonyl (C=O) groups excluding carboxylic acids is 14. The first kappa shape index (κ1) is 118. The van der Waals surface area contributed by atoms with Crippen molar-refractivity contribution < 1.29 is 184 Å². The molecule has 2 bridgehead atoms. The van der Waals surface area contributed by atoms with Crippen LogP contribution in [0, 0.1) is 22.7 Å². The second-order valence-electron chi connectivity index (χ2n) is 39.0. The molecule has 3 saturated heterocycles. The minimum absolute atomic E-state index is 0.00182. The summed E-state index contributed by atoms with van der Waals surface area (Å²) in [7, 11) is 2.59. The Kier molecular flexibility index (Phi) is 43.8. The fourth-order valence-corrected chi connectivity index (χ4v) is 19.2. The topological polar surface area (TPSA) is 651 Å². The molecule has 3 aliphatic carbocycles. The van der Waals surface area contributed by atoms with E-state index in [-0.39, 0.29) is 119 Å². The lowest BCUT2D eigenvalue weighted by atomic mass is 9.44. The number of aryl methyl sites for hydroxylation is 2. The highest BCUT2D eigenvalue weighted by atomic mass is 16.7. The standard InChI is InChI=1S/C101H141N9O38/c1-13-136-90(127)61(31-23-24-39-102-74(117)52-135-54-76(119)145-85(78(59-27-18-15-19-28-59)107-96(131)148-97(5,6)7)93(130)142-66-46-101(132)89(146-91(128)60-29-20-16-21-30-60)87-99(10,88(126)81(122)77(56(66)3)98(101,8)9)69(113)45-70-100(87,55-141-70)147-57(4)111)44-63(112)47-104-73(116)48-105-71(114)34-26-32-62-49-110(109-108-62)41-25-17-22-33-72(115)106-65(92(129)137-14-2)43-58-35-37-64(38-36-58)138-42-40-103-75(118)53-139-86-80(121)68(143-94(134-12)84(86)125)51-140-95-83(124)82(123)79(120)67(144-95)50-133-11/h15-16,18-21,27-30,35-38,49,61,65-70,78-87,89,94-95,113,120-125,132H,13-14,17,22-26,31-34,39-48,50-55H2,1-12H3,(H,102,117)(H,103,118)(H,104,116)(H,105,114)(H,106,115)(H,107,131)/t61-,65+,66+,67?,68?,69+,70-,78?,79-,80-,81-,82+,83?,84?,85-,86+,87+,89+,94+,95-,99-,100+,101-/m1/s1. The SMILES string of the molecule is CCOC(=O)[C@H](CCCCNC(=O)COCC(=O)O[C@@H](C(=O)O[C@H]1C[C@@]2(O)[C@@H](OC(=O)c3ccccc3)[C@@H]3[C@]4(OC(C)=O)CO[C@@H]4C[C@H](O)[C@@]3(C)C(=O)[C@H](O)C(=C1C)C2(C)C)C(NC(=O)OC(C)(C)C)c1ccccc1)CC(=O)CNC(=O)CNC(=O)CCCc1cn(CCCCCC(=O)N[C@@H](Cc2ccc(OCCNC(=O)CO[C@@H]3C(O)[C@@H](OC)OC(CO[C@@H]4OC(COC)[C@@H](O)[C@H](O)C4O)[C@H]3O)cc2)C(=O)OCC)nn1. The normalized spacial score (nSPS) is 26.7. The van der Waals surface area contributed by atoms with Gasteiger partial charge in [-0.2, -0.15) is 0 Å². The Hall–Kier alpha value is -11.5. The highest BCUT2D eigenvalue weighted by molar-refractivity contribution is 5.95. The molecule has 3 aromatic carbocycles. The molecule has 47 heteroatoms. The Morgan fingerprint density at radius 3 is 1.99 bits per heavy atom. The van der Waals surface area contributed by atoms with Crippen molar-refractivity contribution >= 4 is 83.0 Å². The molecule has 5 fully saturated rings. The number of nitrogens with one attached hydrogen (secondary N) is 6. The van der Waals surface area contributed by atoms with Crippen molar-refractivity contribution in [2.24, 2.45) is 22.7 Å². The minimum Gasteiger partial charge on any atom is -0.492 e. The van der Waals surface area contributed by atoms with Gasteiger partial charge in [-0.25, -0.2) is 24.0 Å². The van der Waals surface area contributed by atoms with Crippen molar-refractivity contribution in [2.75, 3.05) is 99.9 Å². The van der Waals surface area contributed by atoms with Crippen LogP contribution in [0.25, 0.3) is 0 Å². The number of hydrogen-bond acceptors (Lipinski definition) is 40.